The van der Waals surface area contributed by atoms with Gasteiger partial charge in [0.25, 0.3) is 0 Å². The summed E-state index contributed by atoms with van der Waals surface area (Å²) in [4.78, 5) is 24.8. The average molecular weight is 271 g/mol. The molecule has 0 spiro atoms. The lowest BCUT2D eigenvalue weighted by atomic mass is 10.0. The molecule has 1 heterocycles. The molecule has 2 unspecified atom stereocenters. The van der Waals surface area contributed by atoms with E-state index >= 15 is 0 Å². The molecular formula is C13H25N3O3. The fraction of sp³-hybridized carbons (Fsp3) is 0.846. The summed E-state index contributed by atoms with van der Waals surface area (Å²) in [6, 6.07) is -0.267. The van der Waals surface area contributed by atoms with Crippen molar-refractivity contribution in [3.05, 3.63) is 0 Å². The molecule has 1 aliphatic heterocycles. The van der Waals surface area contributed by atoms with Gasteiger partial charge in [0, 0.05) is 19.6 Å². The van der Waals surface area contributed by atoms with Crippen molar-refractivity contribution in [1.29, 1.82) is 0 Å². The first-order valence-corrected chi connectivity index (χ1v) is 6.96. The maximum absolute atomic E-state index is 11.6. The van der Waals surface area contributed by atoms with Crippen LogP contribution in [0.1, 0.15) is 26.2 Å². The van der Waals surface area contributed by atoms with Crippen molar-refractivity contribution < 1.29 is 14.7 Å². The van der Waals surface area contributed by atoms with Gasteiger partial charge in [0.15, 0.2) is 0 Å². The van der Waals surface area contributed by atoms with E-state index in [9.17, 15) is 9.59 Å². The van der Waals surface area contributed by atoms with Crippen LogP contribution in [-0.4, -0.2) is 55.2 Å². The highest BCUT2D eigenvalue weighted by atomic mass is 16.4. The van der Waals surface area contributed by atoms with Crippen molar-refractivity contribution in [2.75, 3.05) is 33.2 Å². The van der Waals surface area contributed by atoms with Gasteiger partial charge in [0.1, 0.15) is 0 Å². The lowest BCUT2D eigenvalue weighted by Gasteiger charge is -2.15. The van der Waals surface area contributed by atoms with Gasteiger partial charge in [-0.05, 0) is 32.4 Å². The zero-order chi connectivity index (χ0) is 14.3. The number of nitrogens with one attached hydrogen (secondary N) is 2. The number of carbonyl (C=O) groups excluding carboxylic acids is 1. The Morgan fingerprint density at radius 2 is 2.16 bits per heavy atom. The van der Waals surface area contributed by atoms with E-state index in [1.165, 1.54) is 0 Å². The quantitative estimate of drug-likeness (QED) is 0.638. The first-order valence-electron chi connectivity index (χ1n) is 6.96. The number of aliphatic carboxylic acids is 1. The van der Waals surface area contributed by atoms with Crippen LogP contribution in [0.5, 0.6) is 0 Å². The maximum atomic E-state index is 11.6. The van der Waals surface area contributed by atoms with Gasteiger partial charge in [0.05, 0.1) is 5.92 Å². The van der Waals surface area contributed by atoms with Gasteiger partial charge in [-0.15, -0.1) is 0 Å². The minimum Gasteiger partial charge on any atom is -0.481 e. The Hall–Kier alpha value is -1.30. The molecule has 0 aromatic rings. The molecule has 6 nitrogen and oxygen atoms in total. The Morgan fingerprint density at radius 1 is 1.42 bits per heavy atom. The Labute approximate surface area is 114 Å². The summed E-state index contributed by atoms with van der Waals surface area (Å²) in [5, 5.41) is 14.4. The van der Waals surface area contributed by atoms with Crippen molar-refractivity contribution >= 4 is 12.0 Å². The molecule has 2 atom stereocenters. The molecule has 6 heteroatoms. The number of urea groups is 1. The molecule has 0 aromatic carbocycles. The minimum atomic E-state index is -0.848. The number of hydrogen-bond donors (Lipinski definition) is 3. The third-order valence-corrected chi connectivity index (χ3v) is 3.54. The third kappa shape index (κ3) is 5.92. The second kappa shape index (κ2) is 7.99. The zero-order valence-corrected chi connectivity index (χ0v) is 11.8. The Balaban J connectivity index is 2.18. The summed E-state index contributed by atoms with van der Waals surface area (Å²) < 4.78 is 0. The van der Waals surface area contributed by atoms with Gasteiger partial charge in [-0.1, -0.05) is 13.3 Å². The van der Waals surface area contributed by atoms with Gasteiger partial charge in [-0.2, -0.15) is 0 Å². The van der Waals surface area contributed by atoms with E-state index < -0.39 is 11.9 Å². The van der Waals surface area contributed by atoms with Crippen LogP contribution >= 0.6 is 0 Å². The molecule has 3 N–H and O–H groups in total. The van der Waals surface area contributed by atoms with Crippen molar-refractivity contribution in [3.8, 4) is 0 Å². The highest BCUT2D eigenvalue weighted by molar-refractivity contribution is 5.75. The summed E-state index contributed by atoms with van der Waals surface area (Å²) in [6.45, 7) is 4.87. The number of amides is 2. The Kier molecular flexibility index (Phi) is 6.62. The average Bonchev–Trinajstić information content (AvgIpc) is 2.77. The molecule has 1 saturated heterocycles. The van der Waals surface area contributed by atoms with Crippen LogP contribution in [0.25, 0.3) is 0 Å². The zero-order valence-electron chi connectivity index (χ0n) is 11.8. The lowest BCUT2D eigenvalue weighted by Crippen LogP contribution is -2.41. The molecule has 0 aliphatic carbocycles. The minimum absolute atomic E-state index is 0.194. The number of rotatable bonds is 7. The summed E-state index contributed by atoms with van der Waals surface area (Å²) in [5.74, 6) is -0.838. The van der Waals surface area contributed by atoms with Crippen LogP contribution in [0.2, 0.25) is 0 Å². The summed E-state index contributed by atoms with van der Waals surface area (Å²) in [5.41, 5.74) is 0. The van der Waals surface area contributed by atoms with Crippen LogP contribution in [0.3, 0.4) is 0 Å². The van der Waals surface area contributed by atoms with Gasteiger partial charge >= 0.3 is 12.0 Å². The van der Waals surface area contributed by atoms with E-state index in [1.807, 2.05) is 6.92 Å². The third-order valence-electron chi connectivity index (χ3n) is 3.54. The fourth-order valence-electron chi connectivity index (χ4n) is 2.37. The van der Waals surface area contributed by atoms with Crippen LogP contribution in [0.4, 0.5) is 4.79 Å². The molecule has 1 rings (SSSR count). The van der Waals surface area contributed by atoms with E-state index in [-0.39, 0.29) is 12.6 Å². The molecule has 2 amide bonds. The number of carboxylic acids is 1. The van der Waals surface area contributed by atoms with Crippen molar-refractivity contribution in [2.24, 2.45) is 11.8 Å². The van der Waals surface area contributed by atoms with Crippen LogP contribution in [0.15, 0.2) is 0 Å². The van der Waals surface area contributed by atoms with E-state index in [0.717, 1.165) is 25.9 Å². The molecule has 0 aromatic heterocycles. The number of nitrogens with zero attached hydrogens (tertiary/aromatic N) is 1. The number of carboxylic acid groups (broad SMARTS) is 1. The van der Waals surface area contributed by atoms with Gasteiger partial charge < -0.3 is 20.6 Å². The van der Waals surface area contributed by atoms with Gasteiger partial charge in [-0.25, -0.2) is 4.79 Å². The maximum Gasteiger partial charge on any atom is 0.314 e. The van der Waals surface area contributed by atoms with Gasteiger partial charge in [-0.3, -0.25) is 4.79 Å². The molecule has 0 saturated carbocycles. The molecule has 0 bridgehead atoms. The largest absolute Gasteiger partial charge is 0.481 e. The predicted octanol–water partition coefficient (Wildman–Crippen LogP) is 0.738. The summed E-state index contributed by atoms with van der Waals surface area (Å²) in [7, 11) is 2.07. The van der Waals surface area contributed by atoms with Crippen molar-refractivity contribution in [3.63, 3.8) is 0 Å². The number of likely N-dealkylation sites (tertiary alicyclic amines) is 1. The van der Waals surface area contributed by atoms with Crippen molar-refractivity contribution in [2.45, 2.75) is 26.2 Å². The smallest absolute Gasteiger partial charge is 0.314 e. The molecule has 0 radical (unpaired) electrons. The predicted molar refractivity (Wildman–Crippen MR) is 73.0 cm³/mol. The molecule has 1 fully saturated rings. The first kappa shape index (κ1) is 15.8. The molecule has 1 aliphatic rings. The SMILES string of the molecule is CCCC(CNC(=O)NCC1CCN(C)C1)C(=O)O. The summed E-state index contributed by atoms with van der Waals surface area (Å²) in [6.07, 6.45) is 2.49. The molecular weight excluding hydrogens is 246 g/mol. The van der Waals surface area contributed by atoms with Crippen LogP contribution < -0.4 is 10.6 Å². The van der Waals surface area contributed by atoms with Crippen molar-refractivity contribution in [1.82, 2.24) is 15.5 Å². The van der Waals surface area contributed by atoms with Crippen LogP contribution in [0, 0.1) is 11.8 Å². The highest BCUT2D eigenvalue weighted by Crippen LogP contribution is 2.12. The second-order valence-corrected chi connectivity index (χ2v) is 5.33. The monoisotopic (exact) mass is 271 g/mol. The van der Waals surface area contributed by atoms with E-state index in [2.05, 4.69) is 22.6 Å². The number of hydrogen-bond acceptors (Lipinski definition) is 3. The number of carbonyl (C=O) groups is 2. The van der Waals surface area contributed by atoms with E-state index in [0.29, 0.717) is 18.9 Å². The standard InChI is InChI=1S/C13H25N3O3/c1-3-4-11(12(17)18)8-15-13(19)14-7-10-5-6-16(2)9-10/h10-11H,3-9H2,1-2H3,(H,17,18)(H2,14,15,19). The normalized spacial score (nSPS) is 21.1. The second-order valence-electron chi connectivity index (χ2n) is 5.33. The Bertz CT molecular complexity index is 310. The molecule has 110 valence electrons. The van der Waals surface area contributed by atoms with Crippen LogP contribution in [-0.2, 0) is 4.79 Å². The summed E-state index contributed by atoms with van der Waals surface area (Å²) >= 11 is 0. The molecule has 19 heavy (non-hydrogen) atoms. The Morgan fingerprint density at radius 3 is 2.68 bits per heavy atom. The first-order chi connectivity index (χ1) is 9.02. The van der Waals surface area contributed by atoms with E-state index in [1.54, 1.807) is 0 Å². The highest BCUT2D eigenvalue weighted by Gasteiger charge is 2.20. The topological polar surface area (TPSA) is 81.7 Å². The fourth-order valence-corrected chi connectivity index (χ4v) is 2.37. The van der Waals surface area contributed by atoms with E-state index in [4.69, 9.17) is 5.11 Å². The van der Waals surface area contributed by atoms with Gasteiger partial charge in [0.2, 0.25) is 0 Å². The lowest BCUT2D eigenvalue weighted by molar-refractivity contribution is -0.141.